The number of aryl methyl sites for hydroxylation is 1. The van der Waals surface area contributed by atoms with Crippen LogP contribution in [0.1, 0.15) is 44.7 Å². The summed E-state index contributed by atoms with van der Waals surface area (Å²) in [7, 11) is 0. The van der Waals surface area contributed by atoms with Crippen LogP contribution in [0, 0.1) is 6.08 Å². The number of benzene rings is 1. The van der Waals surface area contributed by atoms with E-state index in [0.29, 0.717) is 0 Å². The van der Waals surface area contributed by atoms with Crippen molar-refractivity contribution in [3.05, 3.63) is 41.5 Å². The van der Waals surface area contributed by atoms with Crippen LogP contribution in [0.3, 0.4) is 0 Å². The van der Waals surface area contributed by atoms with Crippen molar-refractivity contribution in [2.75, 3.05) is 0 Å². The van der Waals surface area contributed by atoms with Crippen LogP contribution in [-0.4, -0.2) is 0 Å². The molecular formula is C14H19. The van der Waals surface area contributed by atoms with Gasteiger partial charge in [0, 0.05) is 0 Å². The Labute approximate surface area is 87.7 Å². The van der Waals surface area contributed by atoms with Crippen LogP contribution in [-0.2, 0) is 6.42 Å². The minimum Gasteiger partial charge on any atom is -0.0651 e. The summed E-state index contributed by atoms with van der Waals surface area (Å²) in [4.78, 5) is 0. The van der Waals surface area contributed by atoms with E-state index in [1.165, 1.54) is 23.1 Å². The second kappa shape index (κ2) is 5.64. The van der Waals surface area contributed by atoms with Crippen LogP contribution in [0.4, 0.5) is 0 Å². The summed E-state index contributed by atoms with van der Waals surface area (Å²) < 4.78 is 0. The van der Waals surface area contributed by atoms with Gasteiger partial charge in [0.25, 0.3) is 0 Å². The Hall–Kier alpha value is -1.04. The Morgan fingerprint density at radius 1 is 1.21 bits per heavy atom. The molecule has 0 heterocycles. The third-order valence-electron chi connectivity index (χ3n) is 2.53. The standard InChI is InChI=1S/C14H19/c1-4-9-12(5-2)14-11-8-7-10-13(14)6-3/h7-8,10-11H,4,6,9H2,1-3H3. The highest BCUT2D eigenvalue weighted by atomic mass is 14.1. The molecular weight excluding hydrogens is 168 g/mol. The lowest BCUT2D eigenvalue weighted by molar-refractivity contribution is 0.964. The molecule has 0 saturated heterocycles. The molecule has 0 amide bonds. The summed E-state index contributed by atoms with van der Waals surface area (Å²) in [5.74, 6) is 0. The van der Waals surface area contributed by atoms with E-state index in [4.69, 9.17) is 0 Å². The third-order valence-corrected chi connectivity index (χ3v) is 2.53. The van der Waals surface area contributed by atoms with Gasteiger partial charge in [-0.1, -0.05) is 44.5 Å². The summed E-state index contributed by atoms with van der Waals surface area (Å²) in [5.41, 5.74) is 4.19. The molecule has 0 aliphatic carbocycles. The highest BCUT2D eigenvalue weighted by Gasteiger charge is 2.03. The second-order valence-electron chi connectivity index (χ2n) is 3.49. The smallest absolute Gasteiger partial charge is 0.0190 e. The predicted octanol–water partition coefficient (Wildman–Crippen LogP) is 4.26. The maximum Gasteiger partial charge on any atom is -0.0190 e. The molecule has 14 heavy (non-hydrogen) atoms. The van der Waals surface area contributed by atoms with Gasteiger partial charge in [-0.25, -0.2) is 0 Å². The highest BCUT2D eigenvalue weighted by Crippen LogP contribution is 2.23. The van der Waals surface area contributed by atoms with E-state index in [2.05, 4.69) is 44.2 Å². The van der Waals surface area contributed by atoms with Crippen molar-refractivity contribution >= 4 is 5.57 Å². The molecule has 0 aliphatic heterocycles. The van der Waals surface area contributed by atoms with Gasteiger partial charge in [0.05, 0.1) is 0 Å². The SMILES string of the molecule is C/[C]=C(/CCC)c1ccccc1CC. The first kappa shape index (κ1) is 11.0. The molecule has 0 bridgehead atoms. The summed E-state index contributed by atoms with van der Waals surface area (Å²) in [5, 5.41) is 0. The molecule has 75 valence electrons. The van der Waals surface area contributed by atoms with E-state index in [1.807, 2.05) is 6.92 Å². The molecule has 0 N–H and O–H groups in total. The van der Waals surface area contributed by atoms with E-state index in [-0.39, 0.29) is 0 Å². The van der Waals surface area contributed by atoms with Gasteiger partial charge in [0.15, 0.2) is 0 Å². The zero-order valence-corrected chi connectivity index (χ0v) is 9.43. The van der Waals surface area contributed by atoms with Crippen molar-refractivity contribution in [3.8, 4) is 0 Å². The molecule has 0 atom stereocenters. The number of hydrogen-bond donors (Lipinski definition) is 0. The third kappa shape index (κ3) is 2.47. The van der Waals surface area contributed by atoms with E-state index >= 15 is 0 Å². The van der Waals surface area contributed by atoms with Crippen LogP contribution in [0.2, 0.25) is 0 Å². The first-order valence-electron chi connectivity index (χ1n) is 5.45. The largest absolute Gasteiger partial charge is 0.0651 e. The molecule has 1 radical (unpaired) electrons. The fourth-order valence-corrected chi connectivity index (χ4v) is 1.77. The van der Waals surface area contributed by atoms with Crippen LogP contribution in [0.15, 0.2) is 24.3 Å². The van der Waals surface area contributed by atoms with Crippen molar-refractivity contribution in [3.63, 3.8) is 0 Å². The predicted molar refractivity (Wildman–Crippen MR) is 63.1 cm³/mol. The maximum atomic E-state index is 3.31. The van der Waals surface area contributed by atoms with Gasteiger partial charge in [-0.2, -0.15) is 0 Å². The lowest BCUT2D eigenvalue weighted by Crippen LogP contribution is -1.91. The van der Waals surface area contributed by atoms with Crippen molar-refractivity contribution in [2.45, 2.75) is 40.0 Å². The molecule has 1 aromatic rings. The molecule has 0 spiro atoms. The first-order chi connectivity index (χ1) is 6.83. The van der Waals surface area contributed by atoms with E-state index in [9.17, 15) is 0 Å². The molecule has 0 unspecified atom stereocenters. The van der Waals surface area contributed by atoms with Gasteiger partial charge >= 0.3 is 0 Å². The van der Waals surface area contributed by atoms with Gasteiger partial charge in [-0.15, -0.1) is 0 Å². The molecule has 0 saturated carbocycles. The lowest BCUT2D eigenvalue weighted by atomic mass is 9.95. The van der Waals surface area contributed by atoms with Crippen LogP contribution >= 0.6 is 0 Å². The van der Waals surface area contributed by atoms with E-state index in [0.717, 1.165) is 12.8 Å². The van der Waals surface area contributed by atoms with Gasteiger partial charge in [0.2, 0.25) is 0 Å². The average Bonchev–Trinajstić information content (AvgIpc) is 2.26. The van der Waals surface area contributed by atoms with Crippen LogP contribution in [0.5, 0.6) is 0 Å². The quantitative estimate of drug-likeness (QED) is 0.661. The molecule has 0 aromatic heterocycles. The fourth-order valence-electron chi connectivity index (χ4n) is 1.77. The molecule has 1 rings (SSSR count). The topological polar surface area (TPSA) is 0 Å². The Morgan fingerprint density at radius 2 is 1.93 bits per heavy atom. The minimum atomic E-state index is 1.10. The van der Waals surface area contributed by atoms with Crippen LogP contribution in [0.25, 0.3) is 5.57 Å². The Morgan fingerprint density at radius 3 is 2.50 bits per heavy atom. The zero-order chi connectivity index (χ0) is 10.4. The summed E-state index contributed by atoms with van der Waals surface area (Å²) in [6.45, 7) is 6.43. The summed E-state index contributed by atoms with van der Waals surface area (Å²) in [6, 6.07) is 8.64. The highest BCUT2D eigenvalue weighted by molar-refractivity contribution is 5.66. The van der Waals surface area contributed by atoms with Crippen LogP contribution < -0.4 is 0 Å². The van der Waals surface area contributed by atoms with E-state index < -0.39 is 0 Å². The Balaban J connectivity index is 3.03. The molecule has 0 fully saturated rings. The fraction of sp³-hybridized carbons (Fsp3) is 0.429. The lowest BCUT2D eigenvalue weighted by Gasteiger charge is -2.10. The van der Waals surface area contributed by atoms with Crippen molar-refractivity contribution in [1.29, 1.82) is 0 Å². The molecule has 0 aliphatic rings. The summed E-state index contributed by atoms with van der Waals surface area (Å²) in [6.07, 6.45) is 6.73. The average molecular weight is 187 g/mol. The monoisotopic (exact) mass is 187 g/mol. The normalized spacial score (nSPS) is 11.8. The Kier molecular flexibility index (Phi) is 4.45. The minimum absolute atomic E-state index is 1.10. The van der Waals surface area contributed by atoms with Gasteiger partial charge in [-0.3, -0.25) is 0 Å². The summed E-state index contributed by atoms with van der Waals surface area (Å²) >= 11 is 0. The second-order valence-corrected chi connectivity index (χ2v) is 3.49. The molecule has 1 aromatic carbocycles. The van der Waals surface area contributed by atoms with Gasteiger partial charge < -0.3 is 0 Å². The van der Waals surface area contributed by atoms with Gasteiger partial charge in [0.1, 0.15) is 0 Å². The van der Waals surface area contributed by atoms with Crippen molar-refractivity contribution < 1.29 is 0 Å². The number of rotatable bonds is 4. The molecule has 0 nitrogen and oxygen atoms in total. The Bertz CT molecular complexity index is 308. The van der Waals surface area contributed by atoms with Crippen molar-refractivity contribution in [2.24, 2.45) is 0 Å². The first-order valence-corrected chi connectivity index (χ1v) is 5.45. The number of hydrogen-bond acceptors (Lipinski definition) is 0. The van der Waals surface area contributed by atoms with Crippen molar-refractivity contribution in [1.82, 2.24) is 0 Å². The molecule has 0 heteroatoms. The maximum absolute atomic E-state index is 3.31. The van der Waals surface area contributed by atoms with Gasteiger partial charge in [-0.05, 0) is 42.5 Å². The van der Waals surface area contributed by atoms with E-state index in [1.54, 1.807) is 0 Å². The number of allylic oxidation sites excluding steroid dienone is 2. The zero-order valence-electron chi connectivity index (χ0n) is 9.43.